The summed E-state index contributed by atoms with van der Waals surface area (Å²) in [4.78, 5) is 11.0. The van der Waals surface area contributed by atoms with E-state index in [9.17, 15) is 22.7 Å². The van der Waals surface area contributed by atoms with Crippen LogP contribution in [0.5, 0.6) is 11.5 Å². The average Bonchev–Trinajstić information content (AvgIpc) is 3.31. The number of aromatic nitrogens is 3. The maximum absolute atomic E-state index is 14.6. The molecule has 0 saturated carbocycles. The van der Waals surface area contributed by atoms with Crippen LogP contribution in [0, 0.1) is 17.1 Å². The first kappa shape index (κ1) is 24.7. The molecule has 0 atom stereocenters. The van der Waals surface area contributed by atoms with Crippen molar-refractivity contribution >= 4 is 11.6 Å². The van der Waals surface area contributed by atoms with Gasteiger partial charge < -0.3 is 20.5 Å². The van der Waals surface area contributed by atoms with Gasteiger partial charge in [-0.1, -0.05) is 12.1 Å². The number of phenolic OH excluding ortho intramolecular Hbond substituents is 1. The van der Waals surface area contributed by atoms with Gasteiger partial charge in [0.1, 0.15) is 17.5 Å². The predicted octanol–water partition coefficient (Wildman–Crippen LogP) is 4.46. The highest BCUT2D eigenvalue weighted by molar-refractivity contribution is 5.91. The molecule has 0 fully saturated rings. The Kier molecular flexibility index (Phi) is 6.67. The molecule has 8 nitrogen and oxygen atoms in total. The van der Waals surface area contributed by atoms with Crippen molar-refractivity contribution < 1.29 is 27.4 Å². The van der Waals surface area contributed by atoms with Crippen LogP contribution in [0.3, 0.4) is 0 Å². The van der Waals surface area contributed by atoms with Gasteiger partial charge in [-0.2, -0.15) is 5.26 Å². The standard InChI is InChI=1S/C24H20F4N6O2/c1-33(9-2-7-29)23-32-21(15-3-4-16(13-30)17(25)11-15)20(22-31-8-10-34(22)23)14-5-6-19(18(35)12-14)36-24(26,27)28/h3-6,8,10-12,35H,2,7,9,29H2,1H3. The number of nitriles is 1. The summed E-state index contributed by atoms with van der Waals surface area (Å²) in [6, 6.07) is 9.10. The molecule has 3 N–H and O–H groups in total. The first-order chi connectivity index (χ1) is 17.1. The zero-order valence-corrected chi connectivity index (χ0v) is 18.9. The number of halogens is 4. The number of imidazole rings is 1. The molecule has 2 heterocycles. The first-order valence-electron chi connectivity index (χ1n) is 10.7. The van der Waals surface area contributed by atoms with E-state index in [0.29, 0.717) is 42.2 Å². The van der Waals surface area contributed by atoms with Gasteiger partial charge in [-0.3, -0.25) is 4.40 Å². The van der Waals surface area contributed by atoms with Gasteiger partial charge in [0.05, 0.1) is 16.8 Å². The van der Waals surface area contributed by atoms with Crippen LogP contribution in [0.15, 0.2) is 48.8 Å². The highest BCUT2D eigenvalue weighted by Crippen LogP contribution is 2.40. The topological polar surface area (TPSA) is 113 Å². The van der Waals surface area contributed by atoms with E-state index in [4.69, 9.17) is 16.0 Å². The number of alkyl halides is 3. The van der Waals surface area contributed by atoms with E-state index in [2.05, 4.69) is 9.72 Å². The third kappa shape index (κ3) is 4.87. The quantitative estimate of drug-likeness (QED) is 0.360. The van der Waals surface area contributed by atoms with Crippen molar-refractivity contribution in [1.29, 1.82) is 5.26 Å². The number of fused-ring (bicyclic) bond motifs is 1. The van der Waals surface area contributed by atoms with Crippen molar-refractivity contribution in [2.45, 2.75) is 12.8 Å². The Labute approximate surface area is 202 Å². The number of anilines is 1. The van der Waals surface area contributed by atoms with Crippen LogP contribution in [-0.4, -0.2) is 46.0 Å². The fourth-order valence-corrected chi connectivity index (χ4v) is 3.77. The van der Waals surface area contributed by atoms with Gasteiger partial charge in [0.2, 0.25) is 5.95 Å². The summed E-state index contributed by atoms with van der Waals surface area (Å²) in [6.07, 6.45) is -1.14. The van der Waals surface area contributed by atoms with E-state index in [-0.39, 0.29) is 16.8 Å². The van der Waals surface area contributed by atoms with Crippen LogP contribution in [0.25, 0.3) is 28.0 Å². The molecule has 12 heteroatoms. The Hall–Kier alpha value is -4.37. The SMILES string of the molecule is CN(CCCN)c1nc(-c2ccc(C#N)c(F)c2)c(-c2ccc(OC(F)(F)F)c(O)c2)c2nccn12. The van der Waals surface area contributed by atoms with Gasteiger partial charge in [-0.25, -0.2) is 14.4 Å². The third-order valence-electron chi connectivity index (χ3n) is 5.40. The molecular weight excluding hydrogens is 480 g/mol. The molecule has 0 spiro atoms. The molecule has 0 bridgehead atoms. The molecule has 0 aliphatic rings. The second kappa shape index (κ2) is 9.71. The molecule has 0 radical (unpaired) electrons. The maximum Gasteiger partial charge on any atom is 0.573 e. The fraction of sp³-hybridized carbons (Fsp3) is 0.208. The summed E-state index contributed by atoms with van der Waals surface area (Å²) in [5.74, 6) is -1.83. The molecule has 4 rings (SSSR count). The molecule has 2 aromatic carbocycles. The monoisotopic (exact) mass is 500 g/mol. The number of ether oxygens (including phenoxy) is 1. The van der Waals surface area contributed by atoms with E-state index >= 15 is 0 Å². The third-order valence-corrected chi connectivity index (χ3v) is 5.40. The van der Waals surface area contributed by atoms with Gasteiger partial charge in [0.15, 0.2) is 11.5 Å². The first-order valence-corrected chi connectivity index (χ1v) is 10.7. The van der Waals surface area contributed by atoms with Crippen LogP contribution in [0.1, 0.15) is 12.0 Å². The molecule has 36 heavy (non-hydrogen) atoms. The lowest BCUT2D eigenvalue weighted by atomic mass is 9.98. The maximum atomic E-state index is 14.6. The smallest absolute Gasteiger partial charge is 0.504 e. The van der Waals surface area contributed by atoms with Gasteiger partial charge in [0, 0.05) is 31.5 Å². The normalized spacial score (nSPS) is 11.5. The molecule has 0 amide bonds. The summed E-state index contributed by atoms with van der Waals surface area (Å²) < 4.78 is 58.1. The van der Waals surface area contributed by atoms with E-state index in [0.717, 1.165) is 18.2 Å². The van der Waals surface area contributed by atoms with Crippen LogP contribution in [0.2, 0.25) is 0 Å². The van der Waals surface area contributed by atoms with Crippen molar-refractivity contribution in [1.82, 2.24) is 14.4 Å². The number of hydrogen-bond acceptors (Lipinski definition) is 7. The number of hydrogen-bond donors (Lipinski definition) is 2. The Balaban J connectivity index is 1.97. The zero-order chi connectivity index (χ0) is 26.0. The van der Waals surface area contributed by atoms with Gasteiger partial charge >= 0.3 is 6.36 Å². The van der Waals surface area contributed by atoms with Crippen LogP contribution in [-0.2, 0) is 0 Å². The molecule has 0 saturated heterocycles. The number of phenols is 1. The molecule has 0 unspecified atom stereocenters. The van der Waals surface area contributed by atoms with Crippen molar-refractivity contribution in [3.05, 3.63) is 60.2 Å². The van der Waals surface area contributed by atoms with Crippen LogP contribution >= 0.6 is 0 Å². The second-order valence-electron chi connectivity index (χ2n) is 7.86. The lowest BCUT2D eigenvalue weighted by Gasteiger charge is -2.22. The van der Waals surface area contributed by atoms with Crippen molar-refractivity contribution in [2.24, 2.45) is 5.73 Å². The van der Waals surface area contributed by atoms with Crippen molar-refractivity contribution in [2.75, 3.05) is 25.0 Å². The minimum absolute atomic E-state index is 0.159. The van der Waals surface area contributed by atoms with Crippen LogP contribution < -0.4 is 15.4 Å². The van der Waals surface area contributed by atoms with E-state index in [1.807, 2.05) is 4.90 Å². The molecule has 2 aromatic heterocycles. The minimum Gasteiger partial charge on any atom is -0.504 e. The molecular formula is C24H20F4N6O2. The highest BCUT2D eigenvalue weighted by Gasteiger charge is 2.32. The van der Waals surface area contributed by atoms with Crippen molar-refractivity contribution in [3.8, 4) is 40.0 Å². The summed E-state index contributed by atoms with van der Waals surface area (Å²) in [7, 11) is 1.80. The lowest BCUT2D eigenvalue weighted by molar-refractivity contribution is -0.275. The highest BCUT2D eigenvalue weighted by atomic mass is 19.4. The average molecular weight is 500 g/mol. The van der Waals surface area contributed by atoms with E-state index in [1.165, 1.54) is 24.4 Å². The molecule has 4 aromatic rings. The molecule has 186 valence electrons. The number of aromatic hydroxyl groups is 1. The Morgan fingerprint density at radius 2 is 1.94 bits per heavy atom. The number of rotatable bonds is 7. The summed E-state index contributed by atoms with van der Waals surface area (Å²) in [5.41, 5.74) is 6.98. The fourth-order valence-electron chi connectivity index (χ4n) is 3.77. The van der Waals surface area contributed by atoms with Gasteiger partial charge in [0.25, 0.3) is 0 Å². The Bertz CT molecular complexity index is 1460. The van der Waals surface area contributed by atoms with E-state index < -0.39 is 23.7 Å². The zero-order valence-electron chi connectivity index (χ0n) is 18.9. The Morgan fingerprint density at radius 3 is 2.58 bits per heavy atom. The summed E-state index contributed by atoms with van der Waals surface area (Å²) in [5, 5.41) is 19.4. The van der Waals surface area contributed by atoms with Crippen LogP contribution in [0.4, 0.5) is 23.5 Å². The van der Waals surface area contributed by atoms with Gasteiger partial charge in [-0.05, 0) is 42.8 Å². The number of nitrogens with zero attached hydrogens (tertiary/aromatic N) is 5. The predicted molar refractivity (Wildman–Crippen MR) is 124 cm³/mol. The summed E-state index contributed by atoms with van der Waals surface area (Å²) in [6.45, 7) is 1.01. The largest absolute Gasteiger partial charge is 0.573 e. The lowest BCUT2D eigenvalue weighted by Crippen LogP contribution is -2.24. The second-order valence-corrected chi connectivity index (χ2v) is 7.86. The van der Waals surface area contributed by atoms with Gasteiger partial charge in [-0.15, -0.1) is 13.2 Å². The number of benzene rings is 2. The number of nitrogens with two attached hydrogens (primary N) is 1. The minimum atomic E-state index is -4.99. The summed E-state index contributed by atoms with van der Waals surface area (Å²) >= 11 is 0. The molecule has 0 aliphatic carbocycles. The van der Waals surface area contributed by atoms with Crippen molar-refractivity contribution in [3.63, 3.8) is 0 Å². The Morgan fingerprint density at radius 1 is 1.19 bits per heavy atom. The molecule has 0 aliphatic heterocycles. The van der Waals surface area contributed by atoms with E-state index in [1.54, 1.807) is 23.7 Å².